The largest absolute Gasteiger partial charge is 0.369 e. The Morgan fingerprint density at radius 3 is 2.67 bits per heavy atom. The van der Waals surface area contributed by atoms with E-state index < -0.39 is 0 Å². The molecule has 1 spiro atoms. The van der Waals surface area contributed by atoms with E-state index in [0.29, 0.717) is 6.61 Å². The minimum atomic E-state index is -0.0330. The lowest BCUT2D eigenvalue weighted by Gasteiger charge is -2.51. The van der Waals surface area contributed by atoms with Crippen molar-refractivity contribution in [2.45, 2.75) is 38.3 Å². The first-order valence-electron chi connectivity index (χ1n) is 5.76. The minimum absolute atomic E-state index is 0.0330. The SMILES string of the molecule is CC(C)N1C(=O)COCC12CCNCC2. The summed E-state index contributed by atoms with van der Waals surface area (Å²) in [5.41, 5.74) is -0.0330. The molecule has 0 radical (unpaired) electrons. The number of carbonyl (C=O) groups excluding carboxylic acids is 1. The molecule has 0 atom stereocenters. The van der Waals surface area contributed by atoms with Crippen molar-refractivity contribution >= 4 is 5.91 Å². The van der Waals surface area contributed by atoms with Gasteiger partial charge in [-0.25, -0.2) is 0 Å². The van der Waals surface area contributed by atoms with Gasteiger partial charge in [0.1, 0.15) is 6.61 Å². The molecule has 0 saturated carbocycles. The van der Waals surface area contributed by atoms with Crippen LogP contribution in [-0.4, -0.2) is 48.7 Å². The molecule has 86 valence electrons. The second kappa shape index (κ2) is 4.10. The molecule has 2 aliphatic rings. The van der Waals surface area contributed by atoms with E-state index in [4.69, 9.17) is 4.74 Å². The van der Waals surface area contributed by atoms with Gasteiger partial charge in [0.05, 0.1) is 12.1 Å². The predicted octanol–water partition coefficient (Wildman–Crippen LogP) is 0.376. The summed E-state index contributed by atoms with van der Waals surface area (Å²) in [6.07, 6.45) is 2.02. The second-order valence-corrected chi connectivity index (χ2v) is 4.82. The van der Waals surface area contributed by atoms with E-state index in [1.807, 2.05) is 0 Å². The first-order chi connectivity index (χ1) is 7.16. The molecular formula is C11H20N2O2. The number of carbonyl (C=O) groups is 1. The van der Waals surface area contributed by atoms with Crippen molar-refractivity contribution in [3.63, 3.8) is 0 Å². The summed E-state index contributed by atoms with van der Waals surface area (Å²) in [6.45, 7) is 7.12. The van der Waals surface area contributed by atoms with Crippen molar-refractivity contribution in [3.8, 4) is 0 Å². The van der Waals surface area contributed by atoms with Crippen molar-refractivity contribution in [1.82, 2.24) is 10.2 Å². The third-order valence-electron chi connectivity index (χ3n) is 3.43. The van der Waals surface area contributed by atoms with E-state index in [9.17, 15) is 4.79 Å². The highest BCUT2D eigenvalue weighted by molar-refractivity contribution is 5.79. The normalized spacial score (nSPS) is 26.3. The van der Waals surface area contributed by atoms with E-state index in [0.717, 1.165) is 25.9 Å². The zero-order valence-electron chi connectivity index (χ0n) is 9.58. The van der Waals surface area contributed by atoms with Crippen molar-refractivity contribution in [3.05, 3.63) is 0 Å². The molecule has 0 bridgehead atoms. The lowest BCUT2D eigenvalue weighted by atomic mass is 9.85. The summed E-state index contributed by atoms with van der Waals surface area (Å²) in [6, 6.07) is 0.277. The Balaban J connectivity index is 2.21. The number of amides is 1. The average molecular weight is 212 g/mol. The molecule has 2 heterocycles. The van der Waals surface area contributed by atoms with Crippen molar-refractivity contribution in [2.24, 2.45) is 0 Å². The average Bonchev–Trinajstić information content (AvgIpc) is 2.18. The molecular weight excluding hydrogens is 192 g/mol. The standard InChI is InChI=1S/C11H20N2O2/c1-9(2)13-10(14)7-15-8-11(13)3-5-12-6-4-11/h9,12H,3-8H2,1-2H3. The molecule has 4 heteroatoms. The first-order valence-corrected chi connectivity index (χ1v) is 5.76. The van der Waals surface area contributed by atoms with Crippen LogP contribution in [0.3, 0.4) is 0 Å². The van der Waals surface area contributed by atoms with E-state index in [1.54, 1.807) is 0 Å². The highest BCUT2D eigenvalue weighted by Crippen LogP contribution is 2.31. The van der Waals surface area contributed by atoms with E-state index >= 15 is 0 Å². The molecule has 0 aromatic carbocycles. The first kappa shape index (κ1) is 10.9. The summed E-state index contributed by atoms with van der Waals surface area (Å²) in [7, 11) is 0. The highest BCUT2D eigenvalue weighted by Gasteiger charge is 2.44. The van der Waals surface area contributed by atoms with Crippen LogP contribution in [0.5, 0.6) is 0 Å². The maximum atomic E-state index is 11.9. The zero-order valence-corrected chi connectivity index (χ0v) is 9.58. The van der Waals surface area contributed by atoms with Gasteiger partial charge < -0.3 is 15.0 Å². The summed E-state index contributed by atoms with van der Waals surface area (Å²) in [5, 5.41) is 3.34. The van der Waals surface area contributed by atoms with E-state index in [-0.39, 0.29) is 24.1 Å². The molecule has 0 aromatic rings. The fourth-order valence-corrected chi connectivity index (χ4v) is 2.85. The number of piperidine rings is 1. The predicted molar refractivity (Wildman–Crippen MR) is 57.6 cm³/mol. The number of hydrogen-bond acceptors (Lipinski definition) is 3. The Kier molecular flexibility index (Phi) is 2.98. The van der Waals surface area contributed by atoms with Crippen molar-refractivity contribution in [2.75, 3.05) is 26.3 Å². The maximum Gasteiger partial charge on any atom is 0.249 e. The van der Waals surface area contributed by atoms with Crippen molar-refractivity contribution in [1.29, 1.82) is 0 Å². The van der Waals surface area contributed by atoms with Gasteiger partial charge in [0.2, 0.25) is 5.91 Å². The van der Waals surface area contributed by atoms with Crippen LogP contribution in [-0.2, 0) is 9.53 Å². The third kappa shape index (κ3) is 1.88. The van der Waals surface area contributed by atoms with Gasteiger partial charge in [0.25, 0.3) is 0 Å². The number of nitrogens with one attached hydrogen (secondary N) is 1. The fourth-order valence-electron chi connectivity index (χ4n) is 2.85. The molecule has 0 aliphatic carbocycles. The van der Waals surface area contributed by atoms with Crippen LogP contribution in [0, 0.1) is 0 Å². The molecule has 2 aliphatic heterocycles. The number of ether oxygens (including phenoxy) is 1. The molecule has 1 amide bonds. The monoisotopic (exact) mass is 212 g/mol. The number of morpholine rings is 1. The Morgan fingerprint density at radius 1 is 1.40 bits per heavy atom. The number of hydrogen-bond donors (Lipinski definition) is 1. The molecule has 1 N–H and O–H groups in total. The Hall–Kier alpha value is -0.610. The van der Waals surface area contributed by atoms with Gasteiger partial charge in [-0.15, -0.1) is 0 Å². The highest BCUT2D eigenvalue weighted by atomic mass is 16.5. The minimum Gasteiger partial charge on any atom is -0.369 e. The Morgan fingerprint density at radius 2 is 2.07 bits per heavy atom. The van der Waals surface area contributed by atoms with Crippen LogP contribution in [0.15, 0.2) is 0 Å². The van der Waals surface area contributed by atoms with Gasteiger partial charge >= 0.3 is 0 Å². The zero-order chi connectivity index (χ0) is 10.9. The van der Waals surface area contributed by atoms with Gasteiger partial charge in [0.15, 0.2) is 0 Å². The molecule has 0 unspecified atom stereocenters. The van der Waals surface area contributed by atoms with Crippen LogP contribution in [0.25, 0.3) is 0 Å². The van der Waals surface area contributed by atoms with Gasteiger partial charge in [-0.05, 0) is 39.8 Å². The van der Waals surface area contributed by atoms with E-state index in [2.05, 4.69) is 24.1 Å². The van der Waals surface area contributed by atoms with Crippen LogP contribution in [0.2, 0.25) is 0 Å². The summed E-state index contributed by atoms with van der Waals surface area (Å²) in [5.74, 6) is 0.151. The van der Waals surface area contributed by atoms with Crippen LogP contribution in [0.4, 0.5) is 0 Å². The number of nitrogens with zero attached hydrogens (tertiary/aromatic N) is 1. The molecule has 2 fully saturated rings. The summed E-state index contributed by atoms with van der Waals surface area (Å²) >= 11 is 0. The van der Waals surface area contributed by atoms with E-state index in [1.165, 1.54) is 0 Å². The topological polar surface area (TPSA) is 41.6 Å². The smallest absolute Gasteiger partial charge is 0.249 e. The quantitative estimate of drug-likeness (QED) is 0.683. The molecule has 4 nitrogen and oxygen atoms in total. The van der Waals surface area contributed by atoms with Gasteiger partial charge in [0, 0.05) is 6.04 Å². The molecule has 0 aromatic heterocycles. The Bertz CT molecular complexity index is 241. The third-order valence-corrected chi connectivity index (χ3v) is 3.43. The van der Waals surface area contributed by atoms with Crippen molar-refractivity contribution < 1.29 is 9.53 Å². The molecule has 2 rings (SSSR count). The summed E-state index contributed by atoms with van der Waals surface area (Å²) < 4.78 is 5.44. The van der Waals surface area contributed by atoms with Gasteiger partial charge in [-0.3, -0.25) is 4.79 Å². The lowest BCUT2D eigenvalue weighted by molar-refractivity contribution is -0.164. The molecule has 15 heavy (non-hydrogen) atoms. The van der Waals surface area contributed by atoms with Crippen LogP contribution >= 0.6 is 0 Å². The van der Waals surface area contributed by atoms with Crippen LogP contribution < -0.4 is 5.32 Å². The number of rotatable bonds is 1. The fraction of sp³-hybridized carbons (Fsp3) is 0.909. The second-order valence-electron chi connectivity index (χ2n) is 4.82. The Labute approximate surface area is 91.0 Å². The molecule has 2 saturated heterocycles. The van der Waals surface area contributed by atoms with Crippen LogP contribution in [0.1, 0.15) is 26.7 Å². The van der Waals surface area contributed by atoms with Gasteiger partial charge in [-0.1, -0.05) is 0 Å². The maximum absolute atomic E-state index is 11.9. The summed E-state index contributed by atoms with van der Waals surface area (Å²) in [4.78, 5) is 13.9. The lowest BCUT2D eigenvalue weighted by Crippen LogP contribution is -2.65. The van der Waals surface area contributed by atoms with Gasteiger partial charge in [-0.2, -0.15) is 0 Å².